The van der Waals surface area contributed by atoms with Gasteiger partial charge in [-0.1, -0.05) is 26.0 Å². The minimum Gasteiger partial charge on any atom is -0.403 e. The Bertz CT molecular complexity index is 947. The van der Waals surface area contributed by atoms with Crippen molar-refractivity contribution in [3.8, 4) is 0 Å². The number of allylic oxidation sites excluding steroid dienone is 3. The Hall–Kier alpha value is -2.20. The van der Waals surface area contributed by atoms with Crippen LogP contribution in [0.1, 0.15) is 61.4 Å². The predicted molar refractivity (Wildman–Crippen MR) is 115 cm³/mol. The molecule has 2 atom stereocenters. The van der Waals surface area contributed by atoms with Gasteiger partial charge in [0.1, 0.15) is 0 Å². The van der Waals surface area contributed by atoms with Gasteiger partial charge in [0.15, 0.2) is 0 Å². The average molecular weight is 365 g/mol. The SMILES string of the molecule is CCc1c(C)c2c3c(cc(C)n3C/C(=C/N)N2N)c1C1C=CC(CC)CC1. The zero-order chi connectivity index (χ0) is 19.3. The molecule has 0 saturated heterocycles. The lowest BCUT2D eigenvalue weighted by molar-refractivity contribution is 0.499. The fraction of sp³-hybridized carbons (Fsp3) is 0.478. The summed E-state index contributed by atoms with van der Waals surface area (Å²) in [5.74, 6) is 7.76. The van der Waals surface area contributed by atoms with Gasteiger partial charge in [-0.3, -0.25) is 5.01 Å². The van der Waals surface area contributed by atoms with Crippen LogP contribution in [0.25, 0.3) is 10.9 Å². The summed E-state index contributed by atoms with van der Waals surface area (Å²) in [6.07, 6.45) is 11.3. The monoisotopic (exact) mass is 364 g/mol. The standard InChI is InChI=1S/C23H32N4/c1-5-16-7-9-17(10-8-16)21-19(6-2)15(4)22-23-20(21)11-14(3)26(23)13-18(12-24)27(22)25/h7,9,11-12,16-17H,5-6,8,10,13,24-25H2,1-4H3/b18-12-. The van der Waals surface area contributed by atoms with E-state index in [4.69, 9.17) is 11.6 Å². The van der Waals surface area contributed by atoms with Crippen LogP contribution in [-0.4, -0.2) is 4.57 Å². The summed E-state index contributed by atoms with van der Waals surface area (Å²) in [5, 5.41) is 3.19. The van der Waals surface area contributed by atoms with Crippen molar-refractivity contribution in [2.24, 2.45) is 17.5 Å². The van der Waals surface area contributed by atoms with E-state index < -0.39 is 0 Å². The molecule has 2 heterocycles. The summed E-state index contributed by atoms with van der Waals surface area (Å²) >= 11 is 0. The Morgan fingerprint density at radius 3 is 2.56 bits per heavy atom. The minimum atomic E-state index is 0.503. The number of hydrogen-bond donors (Lipinski definition) is 2. The Labute approximate surface area is 162 Å². The largest absolute Gasteiger partial charge is 0.403 e. The third kappa shape index (κ3) is 2.61. The first-order valence-corrected chi connectivity index (χ1v) is 10.3. The molecular formula is C23H32N4. The third-order valence-corrected chi connectivity index (χ3v) is 6.73. The number of rotatable bonds is 3. The van der Waals surface area contributed by atoms with Crippen LogP contribution in [0.3, 0.4) is 0 Å². The maximum Gasteiger partial charge on any atom is 0.0848 e. The Morgan fingerprint density at radius 1 is 1.19 bits per heavy atom. The Kier molecular flexibility index (Phi) is 4.55. The third-order valence-electron chi connectivity index (χ3n) is 6.73. The van der Waals surface area contributed by atoms with E-state index in [-0.39, 0.29) is 0 Å². The molecule has 2 aromatic rings. The highest BCUT2D eigenvalue weighted by molar-refractivity contribution is 6.00. The van der Waals surface area contributed by atoms with Gasteiger partial charge in [-0.25, -0.2) is 5.84 Å². The molecular weight excluding hydrogens is 332 g/mol. The van der Waals surface area contributed by atoms with Gasteiger partial charge in [0, 0.05) is 23.2 Å². The average Bonchev–Trinajstić information content (AvgIpc) is 3.01. The lowest BCUT2D eigenvalue weighted by Gasteiger charge is -2.34. The van der Waals surface area contributed by atoms with Gasteiger partial charge in [-0.05, 0) is 68.2 Å². The van der Waals surface area contributed by atoms with Crippen molar-refractivity contribution >= 4 is 16.6 Å². The zero-order valence-corrected chi connectivity index (χ0v) is 17.0. The number of benzene rings is 1. The summed E-state index contributed by atoms with van der Waals surface area (Å²) in [6, 6.07) is 2.36. The first kappa shape index (κ1) is 18.2. The number of hydrazine groups is 1. The van der Waals surface area contributed by atoms with Crippen molar-refractivity contribution in [2.45, 2.75) is 65.8 Å². The molecule has 27 heavy (non-hydrogen) atoms. The van der Waals surface area contributed by atoms with Crippen molar-refractivity contribution in [1.82, 2.24) is 4.57 Å². The summed E-state index contributed by atoms with van der Waals surface area (Å²) in [7, 11) is 0. The number of aryl methyl sites for hydroxylation is 1. The highest BCUT2D eigenvalue weighted by Crippen LogP contribution is 2.46. The lowest BCUT2D eigenvalue weighted by atomic mass is 9.78. The van der Waals surface area contributed by atoms with Crippen LogP contribution < -0.4 is 16.6 Å². The molecule has 4 heteroatoms. The molecule has 1 aliphatic heterocycles. The quantitative estimate of drug-likeness (QED) is 0.609. The lowest BCUT2D eigenvalue weighted by Crippen LogP contribution is -2.37. The van der Waals surface area contributed by atoms with E-state index in [0.29, 0.717) is 5.92 Å². The first-order valence-electron chi connectivity index (χ1n) is 10.3. The van der Waals surface area contributed by atoms with Crippen LogP contribution in [0, 0.1) is 19.8 Å². The summed E-state index contributed by atoms with van der Waals surface area (Å²) in [5.41, 5.74) is 14.8. The number of nitrogens with two attached hydrogens (primary N) is 2. The van der Waals surface area contributed by atoms with Gasteiger partial charge >= 0.3 is 0 Å². The van der Waals surface area contributed by atoms with Gasteiger partial charge < -0.3 is 10.3 Å². The highest BCUT2D eigenvalue weighted by Gasteiger charge is 2.30. The molecule has 0 amide bonds. The molecule has 4 nitrogen and oxygen atoms in total. The molecule has 0 radical (unpaired) electrons. The second kappa shape index (κ2) is 6.75. The van der Waals surface area contributed by atoms with Gasteiger partial charge in [0.2, 0.25) is 0 Å². The normalized spacial score (nSPS) is 23.6. The van der Waals surface area contributed by atoms with Crippen molar-refractivity contribution in [3.05, 3.63) is 52.5 Å². The number of aromatic nitrogens is 1. The minimum absolute atomic E-state index is 0.503. The molecule has 1 aliphatic carbocycles. The molecule has 0 bridgehead atoms. The second-order valence-corrected chi connectivity index (χ2v) is 8.12. The molecule has 1 aromatic carbocycles. The molecule has 4 N–H and O–H groups in total. The Balaban J connectivity index is 2.01. The molecule has 1 aromatic heterocycles. The number of hydrogen-bond acceptors (Lipinski definition) is 3. The molecule has 0 fully saturated rings. The van der Waals surface area contributed by atoms with E-state index >= 15 is 0 Å². The van der Waals surface area contributed by atoms with E-state index in [0.717, 1.165) is 30.3 Å². The topological polar surface area (TPSA) is 60.2 Å². The van der Waals surface area contributed by atoms with Crippen LogP contribution in [0.4, 0.5) is 5.69 Å². The van der Waals surface area contributed by atoms with Crippen molar-refractivity contribution < 1.29 is 0 Å². The van der Waals surface area contributed by atoms with Crippen LogP contribution in [-0.2, 0) is 13.0 Å². The summed E-state index contributed by atoms with van der Waals surface area (Å²) < 4.78 is 2.38. The maximum atomic E-state index is 6.52. The van der Waals surface area contributed by atoms with Crippen LogP contribution >= 0.6 is 0 Å². The van der Waals surface area contributed by atoms with E-state index in [9.17, 15) is 0 Å². The molecule has 0 saturated carbocycles. The fourth-order valence-electron chi connectivity index (χ4n) is 5.17. The van der Waals surface area contributed by atoms with Crippen molar-refractivity contribution in [3.63, 3.8) is 0 Å². The van der Waals surface area contributed by atoms with E-state index in [1.807, 2.05) is 5.01 Å². The smallest absolute Gasteiger partial charge is 0.0848 e. The molecule has 4 rings (SSSR count). The van der Waals surface area contributed by atoms with E-state index in [1.54, 1.807) is 6.20 Å². The number of nitrogens with zero attached hydrogens (tertiary/aromatic N) is 2. The molecule has 2 unspecified atom stereocenters. The van der Waals surface area contributed by atoms with E-state index in [1.165, 1.54) is 52.5 Å². The Morgan fingerprint density at radius 2 is 1.96 bits per heavy atom. The number of anilines is 1. The molecule has 144 valence electrons. The summed E-state index contributed by atoms with van der Waals surface area (Å²) in [4.78, 5) is 0. The van der Waals surface area contributed by atoms with Gasteiger partial charge in [0.05, 0.1) is 23.4 Å². The van der Waals surface area contributed by atoms with Crippen molar-refractivity contribution in [2.75, 3.05) is 5.01 Å². The molecule has 0 spiro atoms. The first-order chi connectivity index (χ1) is 13.0. The predicted octanol–water partition coefficient (Wildman–Crippen LogP) is 4.77. The van der Waals surface area contributed by atoms with E-state index in [2.05, 4.69) is 50.5 Å². The van der Waals surface area contributed by atoms with Gasteiger partial charge in [0.25, 0.3) is 0 Å². The maximum absolute atomic E-state index is 6.52. The van der Waals surface area contributed by atoms with Gasteiger partial charge in [-0.15, -0.1) is 0 Å². The zero-order valence-electron chi connectivity index (χ0n) is 17.0. The van der Waals surface area contributed by atoms with Crippen molar-refractivity contribution in [1.29, 1.82) is 0 Å². The fourth-order valence-corrected chi connectivity index (χ4v) is 5.17. The highest BCUT2D eigenvalue weighted by atomic mass is 15.4. The summed E-state index contributed by atoms with van der Waals surface area (Å²) in [6.45, 7) is 9.71. The van der Waals surface area contributed by atoms with Gasteiger partial charge in [-0.2, -0.15) is 0 Å². The molecule has 2 aliphatic rings. The van der Waals surface area contributed by atoms with Crippen LogP contribution in [0.5, 0.6) is 0 Å². The van der Waals surface area contributed by atoms with Crippen LogP contribution in [0.2, 0.25) is 0 Å². The second-order valence-electron chi connectivity index (χ2n) is 8.12. The van der Waals surface area contributed by atoms with Crippen LogP contribution in [0.15, 0.2) is 30.1 Å².